The Labute approximate surface area is 108 Å². The molecule has 0 saturated heterocycles. The van der Waals surface area contributed by atoms with Gasteiger partial charge in [-0.25, -0.2) is 0 Å². The molecule has 1 unspecified atom stereocenters. The molecule has 0 bridgehead atoms. The van der Waals surface area contributed by atoms with Crippen LogP contribution in [-0.4, -0.2) is 12.6 Å². The van der Waals surface area contributed by atoms with Crippen LogP contribution in [0.25, 0.3) is 0 Å². The fourth-order valence-electron chi connectivity index (χ4n) is 0.704. The standard InChI is InChI=1S/C10H20O2.C5H12/c1-5-9(4)10(11)12-7-6-8(2)3;1-4-5(2)3/h8-9H,5-7H2,1-4H3;5H,4H2,1-3H3. The molecule has 0 aromatic heterocycles. The van der Waals surface area contributed by atoms with E-state index in [0.29, 0.717) is 12.5 Å². The van der Waals surface area contributed by atoms with E-state index in [4.69, 9.17) is 4.74 Å². The van der Waals surface area contributed by atoms with Crippen molar-refractivity contribution in [2.75, 3.05) is 6.61 Å². The third kappa shape index (κ3) is 15.5. The molecule has 0 aromatic rings. The van der Waals surface area contributed by atoms with E-state index in [0.717, 1.165) is 18.8 Å². The van der Waals surface area contributed by atoms with E-state index in [1.807, 2.05) is 13.8 Å². The molecule has 0 saturated carbocycles. The Morgan fingerprint density at radius 3 is 1.71 bits per heavy atom. The van der Waals surface area contributed by atoms with Gasteiger partial charge in [-0.15, -0.1) is 0 Å². The lowest BCUT2D eigenvalue weighted by atomic mass is 10.1. The second kappa shape index (κ2) is 11.9. The summed E-state index contributed by atoms with van der Waals surface area (Å²) in [5.74, 6) is 1.49. The second-order valence-corrected chi connectivity index (χ2v) is 5.46. The van der Waals surface area contributed by atoms with E-state index in [1.54, 1.807) is 0 Å². The fourth-order valence-corrected chi connectivity index (χ4v) is 0.704. The zero-order valence-corrected chi connectivity index (χ0v) is 12.9. The van der Waals surface area contributed by atoms with Gasteiger partial charge >= 0.3 is 5.97 Å². The van der Waals surface area contributed by atoms with E-state index < -0.39 is 0 Å². The maximum absolute atomic E-state index is 11.1. The van der Waals surface area contributed by atoms with Gasteiger partial charge < -0.3 is 4.74 Å². The summed E-state index contributed by atoms with van der Waals surface area (Å²) in [7, 11) is 0. The van der Waals surface area contributed by atoms with Crippen molar-refractivity contribution in [2.45, 2.75) is 67.7 Å². The minimum absolute atomic E-state index is 0.0529. The summed E-state index contributed by atoms with van der Waals surface area (Å²) in [6.45, 7) is 15.4. The van der Waals surface area contributed by atoms with Crippen molar-refractivity contribution in [3.05, 3.63) is 0 Å². The Hall–Kier alpha value is -0.530. The van der Waals surface area contributed by atoms with E-state index in [1.165, 1.54) is 6.42 Å². The fraction of sp³-hybridized carbons (Fsp3) is 0.933. The van der Waals surface area contributed by atoms with Crippen LogP contribution in [0.4, 0.5) is 0 Å². The third-order valence-corrected chi connectivity index (χ3v) is 2.77. The summed E-state index contributed by atoms with van der Waals surface area (Å²) < 4.78 is 5.07. The molecule has 0 aliphatic rings. The summed E-state index contributed by atoms with van der Waals surface area (Å²) in [6.07, 6.45) is 3.13. The normalized spacial score (nSPS) is 12.1. The Morgan fingerprint density at radius 2 is 1.41 bits per heavy atom. The zero-order valence-electron chi connectivity index (χ0n) is 12.9. The van der Waals surface area contributed by atoms with E-state index in [-0.39, 0.29) is 11.9 Å². The van der Waals surface area contributed by atoms with Crippen molar-refractivity contribution < 1.29 is 9.53 Å². The number of rotatable bonds is 6. The van der Waals surface area contributed by atoms with Crippen LogP contribution in [-0.2, 0) is 9.53 Å². The van der Waals surface area contributed by atoms with Gasteiger partial charge in [-0.3, -0.25) is 4.79 Å². The van der Waals surface area contributed by atoms with Crippen LogP contribution in [0.15, 0.2) is 0 Å². The molecule has 2 nitrogen and oxygen atoms in total. The van der Waals surface area contributed by atoms with Crippen molar-refractivity contribution >= 4 is 5.97 Å². The number of hydrogen-bond donors (Lipinski definition) is 0. The summed E-state index contributed by atoms with van der Waals surface area (Å²) in [5, 5.41) is 0. The Morgan fingerprint density at radius 1 is 0.941 bits per heavy atom. The number of esters is 1. The van der Waals surface area contributed by atoms with Gasteiger partial charge in [0, 0.05) is 0 Å². The SMILES string of the molecule is CCC(C)C.CCC(C)C(=O)OCCC(C)C. The van der Waals surface area contributed by atoms with E-state index in [2.05, 4.69) is 34.6 Å². The number of carbonyl (C=O) groups excluding carboxylic acids is 1. The Kier molecular flexibility index (Phi) is 13.2. The van der Waals surface area contributed by atoms with Crippen LogP contribution in [0.3, 0.4) is 0 Å². The molecule has 0 radical (unpaired) electrons. The summed E-state index contributed by atoms with van der Waals surface area (Å²) >= 11 is 0. The van der Waals surface area contributed by atoms with Gasteiger partial charge in [-0.05, 0) is 24.7 Å². The summed E-state index contributed by atoms with van der Waals surface area (Å²) in [6, 6.07) is 0. The highest BCUT2D eigenvalue weighted by atomic mass is 16.5. The number of ether oxygens (including phenoxy) is 1. The maximum atomic E-state index is 11.1. The van der Waals surface area contributed by atoms with Crippen molar-refractivity contribution in [1.82, 2.24) is 0 Å². The van der Waals surface area contributed by atoms with Crippen LogP contribution < -0.4 is 0 Å². The molecular weight excluding hydrogens is 212 g/mol. The molecule has 17 heavy (non-hydrogen) atoms. The lowest BCUT2D eigenvalue weighted by Crippen LogP contribution is -2.15. The number of carbonyl (C=O) groups is 1. The first-order valence-electron chi connectivity index (χ1n) is 7.01. The molecule has 0 aliphatic heterocycles. The largest absolute Gasteiger partial charge is 0.465 e. The van der Waals surface area contributed by atoms with Gasteiger partial charge in [0.25, 0.3) is 0 Å². The maximum Gasteiger partial charge on any atom is 0.308 e. The van der Waals surface area contributed by atoms with Crippen molar-refractivity contribution in [1.29, 1.82) is 0 Å². The highest BCUT2D eigenvalue weighted by molar-refractivity contribution is 5.71. The molecule has 0 N–H and O–H groups in total. The second-order valence-electron chi connectivity index (χ2n) is 5.46. The van der Waals surface area contributed by atoms with Gasteiger partial charge in [0.05, 0.1) is 12.5 Å². The van der Waals surface area contributed by atoms with Gasteiger partial charge in [0.2, 0.25) is 0 Å². The lowest BCUT2D eigenvalue weighted by molar-refractivity contribution is -0.148. The minimum atomic E-state index is -0.0573. The first-order valence-corrected chi connectivity index (χ1v) is 7.01. The van der Waals surface area contributed by atoms with Crippen LogP contribution in [0, 0.1) is 17.8 Å². The minimum Gasteiger partial charge on any atom is -0.465 e. The van der Waals surface area contributed by atoms with E-state index in [9.17, 15) is 4.79 Å². The van der Waals surface area contributed by atoms with Crippen LogP contribution in [0.5, 0.6) is 0 Å². The lowest BCUT2D eigenvalue weighted by Gasteiger charge is -2.09. The molecule has 0 amide bonds. The summed E-state index contributed by atoms with van der Waals surface area (Å²) in [4.78, 5) is 11.1. The molecule has 104 valence electrons. The zero-order chi connectivity index (χ0) is 13.8. The van der Waals surface area contributed by atoms with Gasteiger partial charge in [-0.2, -0.15) is 0 Å². The van der Waals surface area contributed by atoms with Crippen LogP contribution >= 0.6 is 0 Å². The van der Waals surface area contributed by atoms with Gasteiger partial charge in [0.1, 0.15) is 0 Å². The third-order valence-electron chi connectivity index (χ3n) is 2.77. The topological polar surface area (TPSA) is 26.3 Å². The van der Waals surface area contributed by atoms with Gasteiger partial charge in [0.15, 0.2) is 0 Å². The molecule has 0 aromatic carbocycles. The average Bonchev–Trinajstić information content (AvgIpc) is 2.28. The van der Waals surface area contributed by atoms with Crippen molar-refractivity contribution in [3.63, 3.8) is 0 Å². The average molecular weight is 244 g/mol. The first kappa shape index (κ1) is 18.8. The van der Waals surface area contributed by atoms with Crippen molar-refractivity contribution in [2.24, 2.45) is 17.8 Å². The predicted octanol–water partition coefficient (Wildman–Crippen LogP) is 4.67. The molecule has 0 spiro atoms. The van der Waals surface area contributed by atoms with E-state index >= 15 is 0 Å². The van der Waals surface area contributed by atoms with Crippen LogP contribution in [0.1, 0.15) is 67.7 Å². The summed E-state index contributed by atoms with van der Waals surface area (Å²) in [5.41, 5.74) is 0. The molecule has 0 rings (SSSR count). The monoisotopic (exact) mass is 244 g/mol. The molecule has 0 fully saturated rings. The molecule has 0 aliphatic carbocycles. The highest BCUT2D eigenvalue weighted by Gasteiger charge is 2.11. The van der Waals surface area contributed by atoms with Crippen LogP contribution in [0.2, 0.25) is 0 Å². The Bertz CT molecular complexity index is 174. The quantitative estimate of drug-likeness (QED) is 0.634. The highest BCUT2D eigenvalue weighted by Crippen LogP contribution is 2.05. The van der Waals surface area contributed by atoms with Crippen molar-refractivity contribution in [3.8, 4) is 0 Å². The smallest absolute Gasteiger partial charge is 0.308 e. The molecule has 1 atom stereocenters. The van der Waals surface area contributed by atoms with Gasteiger partial charge in [-0.1, -0.05) is 54.9 Å². The predicted molar refractivity (Wildman–Crippen MR) is 75.0 cm³/mol. The molecule has 2 heteroatoms. The number of hydrogen-bond acceptors (Lipinski definition) is 2. The molecular formula is C15H32O2. The Balaban J connectivity index is 0. The first-order chi connectivity index (χ1) is 7.84. The molecule has 0 heterocycles.